The summed E-state index contributed by atoms with van der Waals surface area (Å²) < 4.78 is 5.15. The summed E-state index contributed by atoms with van der Waals surface area (Å²) in [6.07, 6.45) is 0. The van der Waals surface area contributed by atoms with Crippen molar-refractivity contribution in [1.29, 1.82) is 0 Å². The van der Waals surface area contributed by atoms with Crippen molar-refractivity contribution >= 4 is 33.5 Å². The third-order valence-corrected chi connectivity index (χ3v) is 4.12. The molecule has 0 saturated carbocycles. The highest BCUT2D eigenvalue weighted by atomic mass is 32.2. The van der Waals surface area contributed by atoms with Gasteiger partial charge in [-0.15, -0.1) is 0 Å². The minimum atomic E-state index is -0.153. The zero-order valence-corrected chi connectivity index (χ0v) is 13.8. The predicted octanol–water partition coefficient (Wildman–Crippen LogP) is 2.81. The fraction of sp³-hybridized carbons (Fsp3) is 0.118. The number of methoxy groups -OCH3 is 1. The molecule has 0 bridgehead atoms. The molecule has 1 aromatic heterocycles. The van der Waals surface area contributed by atoms with Crippen molar-refractivity contribution in [3.05, 3.63) is 64.7 Å². The molecule has 0 aliphatic carbocycles. The van der Waals surface area contributed by atoms with Gasteiger partial charge in [0.25, 0.3) is 5.56 Å². The summed E-state index contributed by atoms with van der Waals surface area (Å²) in [5, 5.41) is 0.961. The molecule has 122 valence electrons. The van der Waals surface area contributed by atoms with E-state index in [1.165, 1.54) is 11.8 Å². The summed E-state index contributed by atoms with van der Waals surface area (Å²) in [5.74, 6) is 1.71. The normalized spacial score (nSPS) is 11.6. The lowest BCUT2D eigenvalue weighted by Crippen LogP contribution is -2.13. The molecule has 6 nitrogen and oxygen atoms in total. The van der Waals surface area contributed by atoms with E-state index in [2.05, 4.69) is 15.0 Å². The molecule has 3 rings (SSSR count). The number of aromatic amines is 1. The van der Waals surface area contributed by atoms with Crippen molar-refractivity contribution in [1.82, 2.24) is 9.97 Å². The molecule has 0 saturated heterocycles. The number of fused-ring (bicyclic) bond motifs is 1. The average molecular weight is 340 g/mol. The Balaban J connectivity index is 1.75. The van der Waals surface area contributed by atoms with Crippen LogP contribution in [0.2, 0.25) is 0 Å². The summed E-state index contributed by atoms with van der Waals surface area (Å²) >= 11 is 1.31. The molecule has 0 fully saturated rings. The Morgan fingerprint density at radius 2 is 2.12 bits per heavy atom. The van der Waals surface area contributed by atoms with E-state index in [9.17, 15) is 4.79 Å². The van der Waals surface area contributed by atoms with Crippen LogP contribution in [0, 0.1) is 0 Å². The number of nitrogens with one attached hydrogen (secondary N) is 1. The van der Waals surface area contributed by atoms with Crippen molar-refractivity contribution in [2.24, 2.45) is 10.7 Å². The number of nitrogens with two attached hydrogens (primary N) is 1. The van der Waals surface area contributed by atoms with E-state index in [1.807, 2.05) is 36.4 Å². The van der Waals surface area contributed by atoms with Gasteiger partial charge in [-0.2, -0.15) is 0 Å². The molecule has 3 N–H and O–H groups in total. The summed E-state index contributed by atoms with van der Waals surface area (Å²) in [6.45, 7) is 0. The van der Waals surface area contributed by atoms with E-state index in [4.69, 9.17) is 10.5 Å². The first kappa shape index (κ1) is 16.1. The van der Waals surface area contributed by atoms with Gasteiger partial charge in [0.1, 0.15) is 11.6 Å². The molecule has 24 heavy (non-hydrogen) atoms. The maximum atomic E-state index is 12.0. The number of ether oxygens (including phenoxy) is 1. The Hall–Kier alpha value is -2.80. The zero-order chi connectivity index (χ0) is 16.9. The largest absolute Gasteiger partial charge is 0.497 e. The number of rotatable bonds is 4. The Morgan fingerprint density at radius 1 is 1.29 bits per heavy atom. The molecule has 0 unspecified atom stereocenters. The van der Waals surface area contributed by atoms with E-state index >= 15 is 0 Å². The highest BCUT2D eigenvalue weighted by Gasteiger charge is 2.05. The number of aliphatic imine (C=N–C) groups is 1. The standard InChI is InChI=1S/C17H16N4O2S/c1-23-12-6-4-5-11(9-12)19-17(18)24-10-15-20-14-8-3-2-7-13(14)16(22)21-15/h2-9H,10H2,1H3,(H2,18,19)(H,20,21,22). The molecule has 0 spiro atoms. The van der Waals surface area contributed by atoms with Crippen molar-refractivity contribution in [3.63, 3.8) is 0 Å². The van der Waals surface area contributed by atoms with Crippen LogP contribution < -0.4 is 16.0 Å². The Morgan fingerprint density at radius 3 is 2.96 bits per heavy atom. The number of thioether (sulfide) groups is 1. The number of aromatic nitrogens is 2. The second-order valence-corrected chi connectivity index (χ2v) is 5.97. The van der Waals surface area contributed by atoms with Crippen LogP contribution in [0.5, 0.6) is 5.75 Å². The quantitative estimate of drug-likeness (QED) is 0.563. The minimum absolute atomic E-state index is 0.153. The van der Waals surface area contributed by atoms with Crippen LogP contribution in [0.1, 0.15) is 5.82 Å². The number of para-hydroxylation sites is 1. The molecule has 0 radical (unpaired) electrons. The number of amidine groups is 1. The maximum absolute atomic E-state index is 12.0. The summed E-state index contributed by atoms with van der Waals surface area (Å²) in [6, 6.07) is 14.5. The van der Waals surface area contributed by atoms with E-state index < -0.39 is 0 Å². The van der Waals surface area contributed by atoms with Crippen molar-refractivity contribution < 1.29 is 4.74 Å². The fourth-order valence-electron chi connectivity index (χ4n) is 2.19. The van der Waals surface area contributed by atoms with Gasteiger partial charge < -0.3 is 15.5 Å². The molecule has 2 aromatic carbocycles. The van der Waals surface area contributed by atoms with E-state index in [-0.39, 0.29) is 5.56 Å². The number of hydrogen-bond donors (Lipinski definition) is 2. The van der Waals surface area contributed by atoms with Crippen LogP contribution in [0.25, 0.3) is 10.9 Å². The highest BCUT2D eigenvalue weighted by Crippen LogP contribution is 2.21. The lowest BCUT2D eigenvalue weighted by Gasteiger charge is -2.04. The average Bonchev–Trinajstić information content (AvgIpc) is 2.60. The molecule has 0 amide bonds. The SMILES string of the molecule is COc1cccc(N=C(N)SCc2nc3ccccc3c(=O)[nH]2)c1. The Kier molecular flexibility index (Phi) is 4.81. The van der Waals surface area contributed by atoms with Crippen LogP contribution in [-0.2, 0) is 5.75 Å². The van der Waals surface area contributed by atoms with Gasteiger partial charge in [0.15, 0.2) is 5.17 Å². The second kappa shape index (κ2) is 7.18. The molecular weight excluding hydrogens is 324 g/mol. The van der Waals surface area contributed by atoms with Gasteiger partial charge in [-0.05, 0) is 24.3 Å². The van der Waals surface area contributed by atoms with E-state index in [1.54, 1.807) is 19.2 Å². The van der Waals surface area contributed by atoms with Crippen molar-refractivity contribution in [3.8, 4) is 5.75 Å². The van der Waals surface area contributed by atoms with Crippen LogP contribution in [0.4, 0.5) is 5.69 Å². The highest BCUT2D eigenvalue weighted by molar-refractivity contribution is 8.13. The summed E-state index contributed by atoms with van der Waals surface area (Å²) in [5.41, 5.74) is 7.17. The molecule has 0 aliphatic heterocycles. The maximum Gasteiger partial charge on any atom is 0.258 e. The van der Waals surface area contributed by atoms with Gasteiger partial charge in [-0.1, -0.05) is 30.0 Å². The minimum Gasteiger partial charge on any atom is -0.497 e. The van der Waals surface area contributed by atoms with Gasteiger partial charge in [-0.25, -0.2) is 9.98 Å². The molecule has 0 aliphatic rings. The topological polar surface area (TPSA) is 93.4 Å². The summed E-state index contributed by atoms with van der Waals surface area (Å²) in [7, 11) is 1.60. The number of hydrogen-bond acceptors (Lipinski definition) is 5. The van der Waals surface area contributed by atoms with Gasteiger partial charge in [0.05, 0.1) is 29.5 Å². The molecule has 3 aromatic rings. The Bertz CT molecular complexity index is 952. The van der Waals surface area contributed by atoms with Crippen LogP contribution in [0.3, 0.4) is 0 Å². The van der Waals surface area contributed by atoms with Crippen LogP contribution in [0.15, 0.2) is 58.3 Å². The number of benzene rings is 2. The van der Waals surface area contributed by atoms with Crippen LogP contribution in [-0.4, -0.2) is 22.2 Å². The monoisotopic (exact) mass is 340 g/mol. The fourth-order valence-corrected chi connectivity index (χ4v) is 2.78. The van der Waals surface area contributed by atoms with Crippen LogP contribution >= 0.6 is 11.8 Å². The van der Waals surface area contributed by atoms with Crippen molar-refractivity contribution in [2.75, 3.05) is 7.11 Å². The number of H-pyrrole nitrogens is 1. The smallest absolute Gasteiger partial charge is 0.258 e. The molecule has 7 heteroatoms. The number of nitrogens with zero attached hydrogens (tertiary/aromatic N) is 2. The van der Waals surface area contributed by atoms with E-state index in [0.29, 0.717) is 33.3 Å². The summed E-state index contributed by atoms with van der Waals surface area (Å²) in [4.78, 5) is 23.6. The third kappa shape index (κ3) is 3.75. The lowest BCUT2D eigenvalue weighted by molar-refractivity contribution is 0.415. The molecule has 1 heterocycles. The second-order valence-electron chi connectivity index (χ2n) is 4.97. The zero-order valence-electron chi connectivity index (χ0n) is 13.0. The van der Waals surface area contributed by atoms with Gasteiger partial charge in [0, 0.05) is 6.07 Å². The Labute approximate surface area is 142 Å². The van der Waals surface area contributed by atoms with Crippen molar-refractivity contribution in [2.45, 2.75) is 5.75 Å². The first-order valence-electron chi connectivity index (χ1n) is 7.24. The first-order chi connectivity index (χ1) is 11.7. The van der Waals surface area contributed by atoms with Gasteiger partial charge in [-0.3, -0.25) is 4.79 Å². The molecule has 0 atom stereocenters. The predicted molar refractivity (Wildman–Crippen MR) is 97.9 cm³/mol. The van der Waals surface area contributed by atoms with E-state index in [0.717, 1.165) is 5.75 Å². The lowest BCUT2D eigenvalue weighted by atomic mass is 10.2. The third-order valence-electron chi connectivity index (χ3n) is 3.31. The first-order valence-corrected chi connectivity index (χ1v) is 8.23. The van der Waals surface area contributed by atoms with Gasteiger partial charge >= 0.3 is 0 Å². The molecular formula is C17H16N4O2S. The van der Waals surface area contributed by atoms with Gasteiger partial charge in [0.2, 0.25) is 0 Å².